The van der Waals surface area contributed by atoms with Crippen LogP contribution < -0.4 is 5.32 Å². The van der Waals surface area contributed by atoms with Gasteiger partial charge in [0.15, 0.2) is 0 Å². The minimum absolute atomic E-state index is 0.118. The molecule has 0 aliphatic heterocycles. The lowest BCUT2D eigenvalue weighted by Gasteiger charge is -2.25. The van der Waals surface area contributed by atoms with E-state index in [2.05, 4.69) is 35.1 Å². The van der Waals surface area contributed by atoms with Crippen LogP contribution in [0.15, 0.2) is 30.5 Å². The number of methoxy groups -OCH3 is 1. The van der Waals surface area contributed by atoms with Gasteiger partial charge in [0.05, 0.1) is 7.11 Å². The standard InChI is InChI=1S/C19H26N2O3/c1-5-6-9-15(18(19(23)24-4)20-13(2)22)16-12-21(3)17-11-8-7-10-14(16)17/h7-8,10-12,15,18H,5-6,9H2,1-4H3,(H,20,22)/i18+1,19+1. The molecule has 0 radical (unpaired) electrons. The summed E-state index contributed by atoms with van der Waals surface area (Å²) in [6, 6.07) is 7.44. The Labute approximate surface area is 143 Å². The van der Waals surface area contributed by atoms with Crippen molar-refractivity contribution in [3.8, 4) is 0 Å². The molecule has 1 aromatic carbocycles. The summed E-state index contributed by atoms with van der Waals surface area (Å²) in [5.41, 5.74) is 2.19. The smallest absolute Gasteiger partial charge is 0.329 e. The van der Waals surface area contributed by atoms with Crippen LogP contribution in [0.3, 0.4) is 0 Å². The van der Waals surface area contributed by atoms with Crippen molar-refractivity contribution in [1.82, 2.24) is 9.88 Å². The van der Waals surface area contributed by atoms with Crippen LogP contribution in [0.4, 0.5) is 0 Å². The molecule has 24 heavy (non-hydrogen) atoms. The number of aromatic nitrogens is 1. The molecule has 0 saturated carbocycles. The summed E-state index contributed by atoms with van der Waals surface area (Å²) in [5.74, 6) is -0.751. The van der Waals surface area contributed by atoms with E-state index in [1.54, 1.807) is 0 Å². The van der Waals surface area contributed by atoms with Crippen LogP contribution in [-0.4, -0.2) is 29.6 Å². The highest BCUT2D eigenvalue weighted by molar-refractivity contribution is 5.88. The summed E-state index contributed by atoms with van der Waals surface area (Å²) < 4.78 is 7.02. The molecule has 0 aliphatic rings. The maximum atomic E-state index is 12.3. The largest absolute Gasteiger partial charge is 0.467 e. The van der Waals surface area contributed by atoms with E-state index in [9.17, 15) is 9.59 Å². The third kappa shape index (κ3) is 3.78. The number of esters is 1. The number of hydrogen-bond donors (Lipinski definition) is 1. The molecule has 0 spiro atoms. The Hall–Kier alpha value is -2.30. The molecule has 2 unspecified atom stereocenters. The number of nitrogens with zero attached hydrogens (tertiary/aromatic N) is 1. The minimum atomic E-state index is -0.676. The molecule has 0 fully saturated rings. The second kappa shape index (κ2) is 7.99. The molecular formula is C19H26N2O3. The van der Waals surface area contributed by atoms with Gasteiger partial charge in [0, 0.05) is 37.0 Å². The highest BCUT2D eigenvalue weighted by Crippen LogP contribution is 2.33. The van der Waals surface area contributed by atoms with Crippen LogP contribution in [0.1, 0.15) is 44.6 Å². The first-order valence-corrected chi connectivity index (χ1v) is 8.38. The summed E-state index contributed by atoms with van der Waals surface area (Å²) in [6.45, 7) is 3.54. The zero-order valence-electron chi connectivity index (χ0n) is 14.8. The molecule has 2 aromatic rings. The second-order valence-corrected chi connectivity index (χ2v) is 6.16. The van der Waals surface area contributed by atoms with Gasteiger partial charge in [0.2, 0.25) is 5.91 Å². The van der Waals surface area contributed by atoms with Crippen molar-refractivity contribution in [2.75, 3.05) is 7.11 Å². The Morgan fingerprint density at radius 1 is 1.29 bits per heavy atom. The Morgan fingerprint density at radius 2 is 2.00 bits per heavy atom. The van der Waals surface area contributed by atoms with Crippen molar-refractivity contribution < 1.29 is 14.3 Å². The third-order valence-corrected chi connectivity index (χ3v) is 4.41. The summed E-state index contributed by atoms with van der Waals surface area (Å²) in [5, 5.41) is 3.90. The monoisotopic (exact) mass is 332 g/mol. The fraction of sp³-hybridized carbons (Fsp3) is 0.474. The average Bonchev–Trinajstić information content (AvgIpc) is 2.90. The molecule has 2 rings (SSSR count). The maximum Gasteiger partial charge on any atom is 0.329 e. The molecule has 1 N–H and O–H groups in total. The van der Waals surface area contributed by atoms with Crippen LogP contribution in [0.25, 0.3) is 10.9 Å². The summed E-state index contributed by atoms with van der Waals surface area (Å²) in [7, 11) is 3.35. The van der Waals surface area contributed by atoms with Gasteiger partial charge in [-0.2, -0.15) is 0 Å². The molecule has 1 aromatic heterocycles. The fourth-order valence-corrected chi connectivity index (χ4v) is 3.26. The van der Waals surface area contributed by atoms with Crippen LogP contribution in [0.5, 0.6) is 0 Å². The van der Waals surface area contributed by atoms with E-state index in [4.69, 9.17) is 4.74 Å². The Morgan fingerprint density at radius 3 is 2.62 bits per heavy atom. The molecule has 130 valence electrons. The van der Waals surface area contributed by atoms with E-state index in [0.29, 0.717) is 0 Å². The minimum Gasteiger partial charge on any atom is -0.467 e. The normalized spacial score (nSPS) is 13.5. The van der Waals surface area contributed by atoms with E-state index in [1.807, 2.05) is 19.2 Å². The van der Waals surface area contributed by atoms with E-state index in [1.165, 1.54) is 14.0 Å². The van der Waals surface area contributed by atoms with Crippen LogP contribution in [0, 0.1) is 0 Å². The summed E-state index contributed by atoms with van der Waals surface area (Å²) in [6.07, 6.45) is 4.86. The van der Waals surface area contributed by atoms with Crippen molar-refractivity contribution in [1.29, 1.82) is 0 Å². The van der Waals surface area contributed by atoms with E-state index < -0.39 is 12.0 Å². The predicted octanol–water partition coefficient (Wildman–Crippen LogP) is 3.13. The first kappa shape index (κ1) is 18.0. The molecule has 5 nitrogen and oxygen atoms in total. The molecule has 0 aliphatic carbocycles. The first-order chi connectivity index (χ1) is 11.5. The number of carbonyl (C=O) groups is 2. The number of para-hydroxylation sites is 1. The van der Waals surface area contributed by atoms with Crippen LogP contribution in [0.2, 0.25) is 0 Å². The Balaban J connectivity index is 2.52. The number of carbonyl (C=O) groups excluding carboxylic acids is 2. The summed E-state index contributed by atoms with van der Waals surface area (Å²) in [4.78, 5) is 24.0. The number of aryl methyl sites for hydroxylation is 1. The maximum absolute atomic E-state index is 12.3. The third-order valence-electron chi connectivity index (χ3n) is 4.41. The highest BCUT2D eigenvalue weighted by Gasteiger charge is 2.32. The fourth-order valence-electron chi connectivity index (χ4n) is 3.26. The van der Waals surface area contributed by atoms with Crippen molar-refractivity contribution in [3.05, 3.63) is 36.0 Å². The highest BCUT2D eigenvalue weighted by atomic mass is 16.6. The Kier molecular flexibility index (Phi) is 6.01. The van der Waals surface area contributed by atoms with Gasteiger partial charge >= 0.3 is 5.97 Å². The van der Waals surface area contributed by atoms with Gasteiger partial charge in [-0.15, -0.1) is 0 Å². The molecule has 5 heteroatoms. The number of rotatable bonds is 7. The number of benzene rings is 1. The van der Waals surface area contributed by atoms with E-state index in [0.717, 1.165) is 35.7 Å². The van der Waals surface area contributed by atoms with E-state index in [-0.39, 0.29) is 11.8 Å². The lowest BCUT2D eigenvalue weighted by atomic mass is 9.97. The number of amides is 1. The number of nitrogens with one attached hydrogen (secondary N) is 1. The molecule has 2 atom stereocenters. The molecular weight excluding hydrogens is 306 g/mol. The van der Waals surface area contributed by atoms with Gasteiger partial charge in [-0.25, -0.2) is 4.79 Å². The van der Waals surface area contributed by atoms with Gasteiger partial charge in [-0.3, -0.25) is 4.79 Å². The van der Waals surface area contributed by atoms with Gasteiger partial charge in [0.25, 0.3) is 0 Å². The van der Waals surface area contributed by atoms with Gasteiger partial charge < -0.3 is 14.6 Å². The average molecular weight is 332 g/mol. The number of ether oxygens (including phenoxy) is 1. The Bertz CT molecular complexity index is 720. The molecule has 1 heterocycles. The van der Waals surface area contributed by atoms with E-state index >= 15 is 0 Å². The topological polar surface area (TPSA) is 60.3 Å². The quantitative estimate of drug-likeness (QED) is 0.626. The lowest BCUT2D eigenvalue weighted by Crippen LogP contribution is -2.44. The number of unbranched alkanes of at least 4 members (excludes halogenated alkanes) is 1. The zero-order chi connectivity index (χ0) is 17.7. The SMILES string of the molecule is CCCCC(c1cn(C)c2ccccc12)[13CH](NC(C)=O)[13C](=O)OC. The van der Waals surface area contributed by atoms with Gasteiger partial charge in [0.1, 0.15) is 6.04 Å². The summed E-state index contributed by atoms with van der Waals surface area (Å²) >= 11 is 0. The van der Waals surface area contributed by atoms with Crippen molar-refractivity contribution in [2.24, 2.45) is 7.05 Å². The zero-order valence-corrected chi connectivity index (χ0v) is 14.8. The number of fused-ring (bicyclic) bond motifs is 1. The lowest BCUT2D eigenvalue weighted by molar-refractivity contribution is -0.145. The molecule has 0 bridgehead atoms. The second-order valence-electron chi connectivity index (χ2n) is 6.16. The van der Waals surface area contributed by atoms with Crippen LogP contribution in [-0.2, 0) is 21.4 Å². The van der Waals surface area contributed by atoms with Gasteiger partial charge in [-0.05, 0) is 18.1 Å². The first-order valence-electron chi connectivity index (χ1n) is 8.38. The molecule has 0 saturated heterocycles. The van der Waals surface area contributed by atoms with Crippen molar-refractivity contribution in [3.63, 3.8) is 0 Å². The van der Waals surface area contributed by atoms with Crippen molar-refractivity contribution in [2.45, 2.75) is 45.1 Å². The predicted molar refractivity (Wildman–Crippen MR) is 94.8 cm³/mol. The van der Waals surface area contributed by atoms with Crippen molar-refractivity contribution >= 4 is 22.8 Å². The van der Waals surface area contributed by atoms with Crippen LogP contribution >= 0.6 is 0 Å². The van der Waals surface area contributed by atoms with Gasteiger partial charge in [-0.1, -0.05) is 38.0 Å². The number of hydrogen-bond acceptors (Lipinski definition) is 3. The molecule has 1 amide bonds.